The Hall–Kier alpha value is -0.380. The minimum atomic E-state index is -1.28. The fraction of sp³-hybridized carbons (Fsp3) is 0.923. The van der Waals surface area contributed by atoms with Crippen molar-refractivity contribution in [2.45, 2.75) is 56.8 Å². The van der Waals surface area contributed by atoms with Crippen molar-refractivity contribution >= 4 is 18.5 Å². The van der Waals surface area contributed by atoms with Crippen molar-refractivity contribution in [2.24, 2.45) is 0 Å². The van der Waals surface area contributed by atoms with Crippen LogP contribution in [0, 0.1) is 0 Å². The number of amides is 1. The molecule has 1 aliphatic heterocycles. The second kappa shape index (κ2) is 9.60. The summed E-state index contributed by atoms with van der Waals surface area (Å²) in [6.45, 7) is 1.26. The average molecular weight is 323 g/mol. The second-order valence-electron chi connectivity index (χ2n) is 5.09. The Morgan fingerprint density at radius 3 is 2.57 bits per heavy atom. The quantitative estimate of drug-likeness (QED) is 0.291. The zero-order valence-electron chi connectivity index (χ0n) is 12.1. The van der Waals surface area contributed by atoms with Crippen LogP contribution in [-0.2, 0) is 14.3 Å². The van der Waals surface area contributed by atoms with Crippen molar-refractivity contribution < 1.29 is 29.6 Å². The van der Waals surface area contributed by atoms with Crippen molar-refractivity contribution in [3.63, 3.8) is 0 Å². The van der Waals surface area contributed by atoms with E-state index in [2.05, 4.69) is 17.9 Å². The monoisotopic (exact) mass is 323 g/mol. The van der Waals surface area contributed by atoms with Crippen molar-refractivity contribution in [1.82, 2.24) is 5.32 Å². The van der Waals surface area contributed by atoms with Gasteiger partial charge in [0.1, 0.15) is 24.4 Å². The Morgan fingerprint density at radius 1 is 1.29 bits per heavy atom. The summed E-state index contributed by atoms with van der Waals surface area (Å²) in [7, 11) is 0. The number of hydrogen-bond donors (Lipinski definition) is 5. The van der Waals surface area contributed by atoms with Gasteiger partial charge in [-0.2, -0.15) is 12.6 Å². The molecule has 1 rings (SSSR count). The number of rotatable bonds is 8. The molecule has 1 fully saturated rings. The molecule has 7 nitrogen and oxygen atoms in total. The van der Waals surface area contributed by atoms with E-state index in [-0.39, 0.29) is 5.91 Å². The fourth-order valence-corrected chi connectivity index (χ4v) is 2.43. The molecule has 0 aromatic rings. The minimum absolute atomic E-state index is 0.360. The van der Waals surface area contributed by atoms with Gasteiger partial charge in [-0.1, -0.05) is 6.42 Å². The van der Waals surface area contributed by atoms with Crippen molar-refractivity contribution in [1.29, 1.82) is 0 Å². The van der Waals surface area contributed by atoms with Gasteiger partial charge in [0.15, 0.2) is 6.29 Å². The van der Waals surface area contributed by atoms with Gasteiger partial charge in [0.05, 0.1) is 6.61 Å². The molecule has 21 heavy (non-hydrogen) atoms. The Labute approximate surface area is 130 Å². The van der Waals surface area contributed by atoms with Gasteiger partial charge in [-0.15, -0.1) is 0 Å². The van der Waals surface area contributed by atoms with E-state index in [1.165, 1.54) is 6.92 Å². The summed E-state index contributed by atoms with van der Waals surface area (Å²) < 4.78 is 11.0. The first kappa shape index (κ1) is 18.7. The van der Waals surface area contributed by atoms with Crippen molar-refractivity contribution in [3.8, 4) is 0 Å². The van der Waals surface area contributed by atoms with Gasteiger partial charge < -0.3 is 30.1 Å². The molecule has 8 heteroatoms. The van der Waals surface area contributed by atoms with Gasteiger partial charge in [-0.3, -0.25) is 4.79 Å². The topological polar surface area (TPSA) is 108 Å². The first-order valence-corrected chi connectivity index (χ1v) is 7.76. The molecular formula is C13H25NO6S. The molecule has 1 saturated heterocycles. The summed E-state index contributed by atoms with van der Waals surface area (Å²) in [6, 6.07) is -0.870. The second-order valence-corrected chi connectivity index (χ2v) is 5.54. The van der Waals surface area contributed by atoms with Crippen LogP contribution in [0.15, 0.2) is 0 Å². The highest BCUT2D eigenvalue weighted by molar-refractivity contribution is 7.80. The van der Waals surface area contributed by atoms with Crippen LogP contribution in [0.1, 0.15) is 26.2 Å². The molecule has 0 saturated carbocycles. The van der Waals surface area contributed by atoms with Crippen molar-refractivity contribution in [3.05, 3.63) is 0 Å². The standard InChI is InChI=1S/C13H25NO6S/c1-8(16)14-10-12(18)11(17)9(7-15)20-13(10)19-5-3-2-4-6-21/h9-13,15,17-18,21H,2-7H2,1H3,(H,14,16)/t9-,10+,11+,12+,13+/m0/s1. The van der Waals surface area contributed by atoms with Crippen LogP contribution in [0.3, 0.4) is 0 Å². The molecular weight excluding hydrogens is 298 g/mol. The van der Waals surface area contributed by atoms with Gasteiger partial charge in [0.25, 0.3) is 0 Å². The predicted molar refractivity (Wildman–Crippen MR) is 79.0 cm³/mol. The summed E-state index contributed by atoms with van der Waals surface area (Å²) in [5.74, 6) is 0.451. The first-order valence-electron chi connectivity index (χ1n) is 7.13. The number of carbonyl (C=O) groups excluding carboxylic acids is 1. The van der Waals surface area contributed by atoms with E-state index < -0.39 is 37.3 Å². The summed E-state index contributed by atoms with van der Waals surface area (Å²) in [5, 5.41) is 31.6. The van der Waals surface area contributed by atoms with E-state index in [0.29, 0.717) is 6.61 Å². The third-order valence-electron chi connectivity index (χ3n) is 3.34. The van der Waals surface area contributed by atoms with Gasteiger partial charge >= 0.3 is 0 Å². The van der Waals surface area contributed by atoms with E-state index in [0.717, 1.165) is 25.0 Å². The van der Waals surface area contributed by atoms with Crippen LogP contribution in [0.5, 0.6) is 0 Å². The SMILES string of the molecule is CC(=O)N[C@H]1[C@H](OCCCCCS)O[C@@H](CO)[C@@H](O)[C@@H]1O. The normalized spacial score (nSPS) is 32.9. The maximum absolute atomic E-state index is 11.2. The number of nitrogens with one attached hydrogen (secondary N) is 1. The van der Waals surface area contributed by atoms with Crippen LogP contribution in [-0.4, -0.2) is 70.8 Å². The van der Waals surface area contributed by atoms with Gasteiger partial charge in [-0.05, 0) is 18.6 Å². The smallest absolute Gasteiger partial charge is 0.217 e. The number of carbonyl (C=O) groups is 1. The number of ether oxygens (including phenoxy) is 2. The summed E-state index contributed by atoms with van der Waals surface area (Å²) >= 11 is 4.12. The van der Waals surface area contributed by atoms with Crippen LogP contribution in [0.25, 0.3) is 0 Å². The summed E-state index contributed by atoms with van der Waals surface area (Å²) in [6.07, 6.45) is -1.65. The highest BCUT2D eigenvalue weighted by atomic mass is 32.1. The third kappa shape index (κ3) is 5.72. The molecule has 5 atom stereocenters. The molecule has 124 valence electrons. The lowest BCUT2D eigenvalue weighted by Crippen LogP contribution is -2.64. The van der Waals surface area contributed by atoms with Crippen LogP contribution in [0.2, 0.25) is 0 Å². The maximum Gasteiger partial charge on any atom is 0.217 e. The van der Waals surface area contributed by atoms with Gasteiger partial charge in [0.2, 0.25) is 5.91 Å². The van der Waals surface area contributed by atoms with Crippen LogP contribution in [0.4, 0.5) is 0 Å². The molecule has 1 aliphatic rings. The molecule has 0 aromatic carbocycles. The highest BCUT2D eigenvalue weighted by Gasteiger charge is 2.45. The average Bonchev–Trinajstić information content (AvgIpc) is 2.45. The first-order chi connectivity index (χ1) is 10.0. The van der Waals surface area contributed by atoms with Crippen molar-refractivity contribution in [2.75, 3.05) is 19.0 Å². The molecule has 0 unspecified atom stereocenters. The number of unbranched alkanes of at least 4 members (excludes halogenated alkanes) is 2. The van der Waals surface area contributed by atoms with E-state index in [1.54, 1.807) is 0 Å². The van der Waals surface area contributed by atoms with Gasteiger partial charge in [0, 0.05) is 13.5 Å². The number of thiol groups is 1. The van der Waals surface area contributed by atoms with E-state index >= 15 is 0 Å². The molecule has 0 aliphatic carbocycles. The third-order valence-corrected chi connectivity index (χ3v) is 3.65. The summed E-state index contributed by atoms with van der Waals surface area (Å²) in [4.78, 5) is 11.2. The predicted octanol–water partition coefficient (Wildman–Crippen LogP) is -0.953. The molecule has 0 bridgehead atoms. The Bertz CT molecular complexity index is 319. The Kier molecular flexibility index (Phi) is 8.53. The molecule has 0 radical (unpaired) electrons. The number of aliphatic hydroxyl groups is 3. The Morgan fingerprint density at radius 2 is 2.00 bits per heavy atom. The van der Waals surface area contributed by atoms with E-state index in [9.17, 15) is 15.0 Å². The molecule has 0 spiro atoms. The van der Waals surface area contributed by atoms with Gasteiger partial charge in [-0.25, -0.2) is 0 Å². The number of aliphatic hydroxyl groups excluding tert-OH is 3. The summed E-state index contributed by atoms with van der Waals surface area (Å²) in [5.41, 5.74) is 0. The zero-order valence-corrected chi connectivity index (χ0v) is 13.0. The largest absolute Gasteiger partial charge is 0.394 e. The highest BCUT2D eigenvalue weighted by Crippen LogP contribution is 2.22. The molecule has 4 N–H and O–H groups in total. The molecule has 0 aromatic heterocycles. The van der Waals surface area contributed by atoms with Crippen LogP contribution < -0.4 is 5.32 Å². The minimum Gasteiger partial charge on any atom is -0.394 e. The Balaban J connectivity index is 2.58. The number of hydrogen-bond acceptors (Lipinski definition) is 7. The molecule has 1 amide bonds. The lowest BCUT2D eigenvalue weighted by atomic mass is 9.97. The van der Waals surface area contributed by atoms with E-state index in [4.69, 9.17) is 14.6 Å². The van der Waals surface area contributed by atoms with E-state index in [1.807, 2.05) is 0 Å². The lowest BCUT2D eigenvalue weighted by molar-refractivity contribution is -0.270. The lowest BCUT2D eigenvalue weighted by Gasteiger charge is -2.42. The maximum atomic E-state index is 11.2. The molecule has 1 heterocycles. The fourth-order valence-electron chi connectivity index (χ4n) is 2.20. The van der Waals surface area contributed by atoms with Crippen LogP contribution >= 0.6 is 12.6 Å². The zero-order chi connectivity index (χ0) is 15.8.